The number of nitrogens with one attached hydrogen (secondary N) is 2. The number of aromatic nitrogens is 2. The Morgan fingerprint density at radius 2 is 2.45 bits per heavy atom. The molecule has 20 heavy (non-hydrogen) atoms. The number of hydrogen-bond donors (Lipinski definition) is 2. The number of aryl methyl sites for hydroxylation is 1. The zero-order valence-electron chi connectivity index (χ0n) is 11.6. The van der Waals surface area contributed by atoms with Gasteiger partial charge in [-0.15, -0.1) is 0 Å². The average Bonchev–Trinajstić information content (AvgIpc) is 2.82. The summed E-state index contributed by atoms with van der Waals surface area (Å²) in [6.45, 7) is 2.76. The smallest absolute Gasteiger partial charge is 0.223 e. The van der Waals surface area contributed by atoms with Crippen molar-refractivity contribution in [3.8, 4) is 0 Å². The van der Waals surface area contributed by atoms with Gasteiger partial charge in [-0.25, -0.2) is 0 Å². The van der Waals surface area contributed by atoms with Crippen LogP contribution in [0.5, 0.6) is 0 Å². The molecule has 1 aromatic heterocycles. The molecule has 3 rings (SSSR count). The van der Waals surface area contributed by atoms with Gasteiger partial charge in [-0.05, 0) is 19.3 Å². The van der Waals surface area contributed by atoms with E-state index in [1.807, 2.05) is 11.8 Å². The lowest BCUT2D eigenvalue weighted by Gasteiger charge is -2.40. The first-order valence-electron chi connectivity index (χ1n) is 7.11. The molecular formula is C13H20N4O2S. The Balaban J connectivity index is 1.61. The van der Waals surface area contributed by atoms with Gasteiger partial charge in [0.25, 0.3) is 0 Å². The Morgan fingerprint density at radius 3 is 3.00 bits per heavy atom. The van der Waals surface area contributed by atoms with Crippen molar-refractivity contribution >= 4 is 17.7 Å². The zero-order chi connectivity index (χ0) is 14.0. The highest BCUT2D eigenvalue weighted by Crippen LogP contribution is 2.39. The van der Waals surface area contributed by atoms with Crippen molar-refractivity contribution in [3.63, 3.8) is 0 Å². The summed E-state index contributed by atoms with van der Waals surface area (Å²) in [5, 5.41) is 10.5. The Bertz CT molecular complexity index is 480. The molecule has 1 saturated heterocycles. The third-order valence-electron chi connectivity index (χ3n) is 3.97. The largest absolute Gasteiger partial charge is 0.343 e. The van der Waals surface area contributed by atoms with E-state index in [1.54, 1.807) is 6.92 Å². The zero-order valence-corrected chi connectivity index (χ0v) is 12.5. The highest BCUT2D eigenvalue weighted by atomic mass is 32.2. The van der Waals surface area contributed by atoms with Crippen LogP contribution in [-0.2, 0) is 10.3 Å². The molecule has 110 valence electrons. The molecule has 1 aliphatic heterocycles. The summed E-state index contributed by atoms with van der Waals surface area (Å²) in [7, 11) is 0. The van der Waals surface area contributed by atoms with Crippen LogP contribution in [0.15, 0.2) is 4.52 Å². The maximum absolute atomic E-state index is 12.3. The van der Waals surface area contributed by atoms with Gasteiger partial charge in [0.2, 0.25) is 11.8 Å². The minimum absolute atomic E-state index is 0.0761. The van der Waals surface area contributed by atoms with Crippen molar-refractivity contribution in [1.29, 1.82) is 0 Å². The maximum atomic E-state index is 12.3. The molecular weight excluding hydrogens is 276 g/mol. The monoisotopic (exact) mass is 296 g/mol. The molecule has 0 radical (unpaired) electrons. The highest BCUT2D eigenvalue weighted by molar-refractivity contribution is 7.99. The van der Waals surface area contributed by atoms with E-state index in [0.29, 0.717) is 18.1 Å². The highest BCUT2D eigenvalue weighted by Gasteiger charge is 2.44. The topological polar surface area (TPSA) is 80.0 Å². The summed E-state index contributed by atoms with van der Waals surface area (Å²) >= 11 is 1.90. The number of rotatable bonds is 4. The molecule has 0 bridgehead atoms. The fourth-order valence-electron chi connectivity index (χ4n) is 2.72. The van der Waals surface area contributed by atoms with Crippen LogP contribution in [0.1, 0.15) is 37.4 Å². The summed E-state index contributed by atoms with van der Waals surface area (Å²) in [6.07, 6.45) is 3.39. The number of thioether (sulfide) groups is 1. The van der Waals surface area contributed by atoms with Crippen molar-refractivity contribution in [2.45, 2.75) is 44.2 Å². The summed E-state index contributed by atoms with van der Waals surface area (Å²) in [5.74, 6) is 3.38. The first-order valence-corrected chi connectivity index (χ1v) is 8.26. The normalized spacial score (nSPS) is 24.9. The third kappa shape index (κ3) is 2.83. The SMILES string of the molecule is Cc1nc(C2(NC(=O)C[C@H]3CSCCN3)CCC2)no1. The molecule has 2 heterocycles. The maximum Gasteiger partial charge on any atom is 0.223 e. The molecule has 0 unspecified atom stereocenters. The Labute approximate surface area is 122 Å². The molecule has 2 fully saturated rings. The standard InChI is InChI=1S/C13H20N4O2S/c1-9-15-12(17-19-9)13(3-2-4-13)16-11(18)7-10-8-20-6-5-14-10/h10,14H,2-8H2,1H3,(H,16,18)/t10-/m0/s1. The van der Waals surface area contributed by atoms with Crippen molar-refractivity contribution < 1.29 is 9.32 Å². The molecule has 6 nitrogen and oxygen atoms in total. The average molecular weight is 296 g/mol. The van der Waals surface area contributed by atoms with Crippen LogP contribution in [0.2, 0.25) is 0 Å². The quantitative estimate of drug-likeness (QED) is 0.862. The van der Waals surface area contributed by atoms with Crippen molar-refractivity contribution in [1.82, 2.24) is 20.8 Å². The predicted octanol–water partition coefficient (Wildman–Crippen LogP) is 0.969. The van der Waals surface area contributed by atoms with Crippen LogP contribution in [0.4, 0.5) is 0 Å². The fraction of sp³-hybridized carbons (Fsp3) is 0.769. The molecule has 2 N–H and O–H groups in total. The van der Waals surface area contributed by atoms with E-state index in [4.69, 9.17) is 4.52 Å². The Kier molecular flexibility index (Phi) is 3.98. The lowest BCUT2D eigenvalue weighted by atomic mass is 9.76. The number of hydrogen-bond acceptors (Lipinski definition) is 6. The second-order valence-corrected chi connectivity index (χ2v) is 6.70. The van der Waals surface area contributed by atoms with Crippen molar-refractivity contribution in [3.05, 3.63) is 11.7 Å². The first-order chi connectivity index (χ1) is 9.68. The molecule has 1 amide bonds. The Hall–Kier alpha value is -1.08. The summed E-state index contributed by atoms with van der Waals surface area (Å²) in [6, 6.07) is 0.276. The number of amides is 1. The van der Waals surface area contributed by atoms with Gasteiger partial charge in [0.1, 0.15) is 5.54 Å². The van der Waals surface area contributed by atoms with E-state index in [-0.39, 0.29) is 11.9 Å². The van der Waals surface area contributed by atoms with Crippen LogP contribution < -0.4 is 10.6 Å². The molecule has 1 atom stereocenters. The van der Waals surface area contributed by atoms with Gasteiger partial charge in [-0.1, -0.05) is 5.16 Å². The summed E-state index contributed by atoms with van der Waals surface area (Å²) in [4.78, 5) is 16.5. The molecule has 1 saturated carbocycles. The second-order valence-electron chi connectivity index (χ2n) is 5.55. The Morgan fingerprint density at radius 1 is 1.60 bits per heavy atom. The predicted molar refractivity (Wildman–Crippen MR) is 76.4 cm³/mol. The second kappa shape index (κ2) is 5.73. The van der Waals surface area contributed by atoms with Crippen molar-refractivity contribution in [2.24, 2.45) is 0 Å². The first kappa shape index (κ1) is 13.9. The van der Waals surface area contributed by atoms with Gasteiger partial charge >= 0.3 is 0 Å². The van der Waals surface area contributed by atoms with Gasteiger partial charge in [0, 0.05) is 37.4 Å². The summed E-state index contributed by atoms with van der Waals surface area (Å²) < 4.78 is 5.05. The van der Waals surface area contributed by atoms with E-state index < -0.39 is 5.54 Å². The van der Waals surface area contributed by atoms with Crippen LogP contribution in [-0.4, -0.2) is 40.1 Å². The van der Waals surface area contributed by atoms with E-state index in [1.165, 1.54) is 0 Å². The van der Waals surface area contributed by atoms with Gasteiger partial charge in [-0.2, -0.15) is 16.7 Å². The molecule has 1 aromatic rings. The third-order valence-corrected chi connectivity index (χ3v) is 5.10. The molecule has 7 heteroatoms. The minimum atomic E-state index is -0.392. The summed E-state index contributed by atoms with van der Waals surface area (Å²) in [5.41, 5.74) is -0.392. The van der Waals surface area contributed by atoms with Crippen LogP contribution in [0, 0.1) is 6.92 Å². The lowest BCUT2D eigenvalue weighted by molar-refractivity contribution is -0.125. The molecule has 0 aromatic carbocycles. The van der Waals surface area contributed by atoms with E-state index in [2.05, 4.69) is 20.8 Å². The van der Waals surface area contributed by atoms with Crippen LogP contribution >= 0.6 is 11.8 Å². The minimum Gasteiger partial charge on any atom is -0.343 e. The van der Waals surface area contributed by atoms with Gasteiger partial charge in [0.05, 0.1) is 0 Å². The van der Waals surface area contributed by atoms with E-state index >= 15 is 0 Å². The van der Waals surface area contributed by atoms with Crippen LogP contribution in [0.3, 0.4) is 0 Å². The fourth-order valence-corrected chi connectivity index (χ4v) is 3.67. The molecule has 0 spiro atoms. The number of carbonyl (C=O) groups excluding carboxylic acids is 1. The van der Waals surface area contributed by atoms with Crippen molar-refractivity contribution in [2.75, 3.05) is 18.1 Å². The van der Waals surface area contributed by atoms with Gasteiger partial charge in [0.15, 0.2) is 5.82 Å². The molecule has 2 aliphatic rings. The lowest BCUT2D eigenvalue weighted by Crippen LogP contribution is -2.53. The van der Waals surface area contributed by atoms with Gasteiger partial charge in [-0.3, -0.25) is 4.79 Å². The van der Waals surface area contributed by atoms with E-state index in [9.17, 15) is 4.79 Å². The van der Waals surface area contributed by atoms with Crippen LogP contribution in [0.25, 0.3) is 0 Å². The number of carbonyl (C=O) groups is 1. The number of nitrogens with zero attached hydrogens (tertiary/aromatic N) is 2. The van der Waals surface area contributed by atoms with E-state index in [0.717, 1.165) is 37.3 Å². The van der Waals surface area contributed by atoms with Gasteiger partial charge < -0.3 is 15.2 Å². The molecule has 1 aliphatic carbocycles.